The summed E-state index contributed by atoms with van der Waals surface area (Å²) in [5.74, 6) is -0.282. The van der Waals surface area contributed by atoms with Gasteiger partial charge in [-0.1, -0.05) is 0 Å². The van der Waals surface area contributed by atoms with Gasteiger partial charge in [0.2, 0.25) is 5.88 Å². The Kier molecular flexibility index (Phi) is 3.10. The zero-order chi connectivity index (χ0) is 12.4. The summed E-state index contributed by atoms with van der Waals surface area (Å²) >= 11 is 1.48. The van der Waals surface area contributed by atoms with Gasteiger partial charge in [-0.15, -0.1) is 11.3 Å². The average Bonchev–Trinajstić information content (AvgIpc) is 2.79. The Morgan fingerprint density at radius 3 is 2.94 bits per heavy atom. The van der Waals surface area contributed by atoms with Gasteiger partial charge in [0.15, 0.2) is 0 Å². The van der Waals surface area contributed by atoms with E-state index >= 15 is 0 Å². The summed E-state index contributed by atoms with van der Waals surface area (Å²) in [5, 5.41) is 12.4. The lowest BCUT2D eigenvalue weighted by Crippen LogP contribution is -2.31. The van der Waals surface area contributed by atoms with E-state index in [0.29, 0.717) is 6.42 Å². The van der Waals surface area contributed by atoms with E-state index in [4.69, 9.17) is 0 Å². The summed E-state index contributed by atoms with van der Waals surface area (Å²) in [4.78, 5) is 28.9. The monoisotopic (exact) mass is 253 g/mol. The van der Waals surface area contributed by atoms with Crippen molar-refractivity contribution in [3.05, 3.63) is 43.0 Å². The van der Waals surface area contributed by atoms with E-state index in [1.165, 1.54) is 18.3 Å². The fraction of sp³-hybridized carbons (Fsp3) is 0.300. The van der Waals surface area contributed by atoms with Gasteiger partial charge >= 0.3 is 5.69 Å². The van der Waals surface area contributed by atoms with E-state index in [-0.39, 0.29) is 18.0 Å². The molecule has 0 radical (unpaired) electrons. The van der Waals surface area contributed by atoms with Gasteiger partial charge in [0, 0.05) is 24.5 Å². The maximum atomic E-state index is 11.5. The number of nitrogens with zero attached hydrogens (tertiary/aromatic N) is 2. The Bertz CT molecular complexity index is 627. The molecule has 0 amide bonds. The first-order chi connectivity index (χ1) is 8.09. The number of rotatable bonds is 3. The number of hydrogen-bond acceptors (Lipinski definition) is 5. The van der Waals surface area contributed by atoms with Gasteiger partial charge in [-0.05, 0) is 6.92 Å². The van der Waals surface area contributed by atoms with Gasteiger partial charge in [0.05, 0.1) is 10.6 Å². The van der Waals surface area contributed by atoms with Crippen LogP contribution in [0, 0.1) is 6.92 Å². The zero-order valence-corrected chi connectivity index (χ0v) is 9.95. The lowest BCUT2D eigenvalue weighted by Gasteiger charge is -2.07. The largest absolute Gasteiger partial charge is 0.494 e. The van der Waals surface area contributed by atoms with Crippen LogP contribution in [-0.2, 0) is 13.0 Å². The molecule has 0 aliphatic rings. The predicted octanol–water partition coefficient (Wildman–Crippen LogP) is 0.250. The van der Waals surface area contributed by atoms with E-state index in [1.54, 1.807) is 6.20 Å². The molecule has 7 heteroatoms. The smallest absolute Gasteiger partial charge is 0.331 e. The van der Waals surface area contributed by atoms with Gasteiger partial charge in [-0.3, -0.25) is 14.3 Å². The molecule has 0 saturated heterocycles. The fourth-order valence-corrected chi connectivity index (χ4v) is 2.06. The van der Waals surface area contributed by atoms with Crippen molar-refractivity contribution < 1.29 is 5.11 Å². The summed E-state index contributed by atoms with van der Waals surface area (Å²) in [6.07, 6.45) is 2.22. The van der Waals surface area contributed by atoms with Crippen LogP contribution in [0.15, 0.2) is 21.2 Å². The summed E-state index contributed by atoms with van der Waals surface area (Å²) in [5.41, 5.74) is -1.02. The van der Waals surface area contributed by atoms with E-state index in [9.17, 15) is 14.7 Å². The number of aromatic amines is 1. The van der Waals surface area contributed by atoms with Crippen molar-refractivity contribution in [1.82, 2.24) is 14.5 Å². The van der Waals surface area contributed by atoms with Crippen LogP contribution in [0.1, 0.15) is 10.6 Å². The van der Waals surface area contributed by atoms with Crippen LogP contribution in [0.2, 0.25) is 0 Å². The zero-order valence-electron chi connectivity index (χ0n) is 9.14. The van der Waals surface area contributed by atoms with Crippen LogP contribution in [0.4, 0.5) is 0 Å². The first-order valence-corrected chi connectivity index (χ1v) is 5.88. The summed E-state index contributed by atoms with van der Waals surface area (Å²) in [7, 11) is 0. The number of hydrogen-bond donors (Lipinski definition) is 2. The molecule has 0 atom stereocenters. The average molecular weight is 253 g/mol. The SMILES string of the molecule is Cc1c(O)n(CCc2nccs2)c(=O)[nH]c1=O. The molecule has 0 aliphatic heterocycles. The standard InChI is InChI=1S/C10H11N3O3S/c1-6-8(14)12-10(16)13(9(6)15)4-2-7-11-3-5-17-7/h3,5,15H,2,4H2,1H3,(H,12,14,16). The van der Waals surface area contributed by atoms with E-state index in [1.807, 2.05) is 5.38 Å². The van der Waals surface area contributed by atoms with Gasteiger partial charge in [-0.2, -0.15) is 0 Å². The van der Waals surface area contributed by atoms with Crippen LogP contribution >= 0.6 is 11.3 Å². The molecule has 0 aromatic carbocycles. The minimum atomic E-state index is -0.602. The quantitative estimate of drug-likeness (QED) is 0.820. The molecule has 0 aliphatic carbocycles. The van der Waals surface area contributed by atoms with E-state index in [2.05, 4.69) is 9.97 Å². The number of aromatic nitrogens is 3. The maximum Gasteiger partial charge on any atom is 0.331 e. The Hall–Kier alpha value is -1.89. The minimum absolute atomic E-state index is 0.142. The summed E-state index contributed by atoms with van der Waals surface area (Å²) in [6, 6.07) is 0. The highest BCUT2D eigenvalue weighted by molar-refractivity contribution is 7.09. The first kappa shape index (κ1) is 11.6. The van der Waals surface area contributed by atoms with Crippen LogP contribution < -0.4 is 11.2 Å². The molecule has 2 aromatic rings. The summed E-state index contributed by atoms with van der Waals surface area (Å²) < 4.78 is 1.14. The van der Waals surface area contributed by atoms with Crippen molar-refractivity contribution in [3.63, 3.8) is 0 Å². The third-order valence-corrected chi connectivity index (χ3v) is 3.27. The normalized spacial score (nSPS) is 10.6. The highest BCUT2D eigenvalue weighted by Gasteiger charge is 2.10. The van der Waals surface area contributed by atoms with E-state index in [0.717, 1.165) is 9.57 Å². The van der Waals surface area contributed by atoms with Gasteiger partial charge in [0.25, 0.3) is 5.56 Å². The van der Waals surface area contributed by atoms with Crippen molar-refractivity contribution in [3.8, 4) is 5.88 Å². The number of H-pyrrole nitrogens is 1. The molecule has 0 bridgehead atoms. The highest BCUT2D eigenvalue weighted by atomic mass is 32.1. The molecule has 17 heavy (non-hydrogen) atoms. The second-order valence-corrected chi connectivity index (χ2v) is 4.51. The van der Waals surface area contributed by atoms with Crippen molar-refractivity contribution in [2.45, 2.75) is 19.9 Å². The van der Waals surface area contributed by atoms with Crippen LogP contribution in [0.5, 0.6) is 5.88 Å². The molecule has 2 rings (SSSR count). The molecule has 0 fully saturated rings. The second-order valence-electron chi connectivity index (χ2n) is 3.54. The predicted molar refractivity (Wildman–Crippen MR) is 63.5 cm³/mol. The topological polar surface area (TPSA) is 88.0 Å². The third kappa shape index (κ3) is 2.28. The van der Waals surface area contributed by atoms with Crippen LogP contribution in [0.25, 0.3) is 0 Å². The molecule has 6 nitrogen and oxygen atoms in total. The van der Waals surface area contributed by atoms with Gasteiger partial charge < -0.3 is 5.11 Å². The third-order valence-electron chi connectivity index (χ3n) is 2.43. The fourth-order valence-electron chi connectivity index (χ4n) is 1.45. The maximum absolute atomic E-state index is 11.5. The van der Waals surface area contributed by atoms with E-state index < -0.39 is 11.2 Å². The van der Waals surface area contributed by atoms with Crippen molar-refractivity contribution in [2.24, 2.45) is 0 Å². The molecule has 2 heterocycles. The Morgan fingerprint density at radius 2 is 2.29 bits per heavy atom. The molecule has 90 valence electrons. The van der Waals surface area contributed by atoms with Crippen molar-refractivity contribution >= 4 is 11.3 Å². The Labute approximate surface area is 100 Å². The Morgan fingerprint density at radius 1 is 1.53 bits per heavy atom. The number of aryl methyl sites for hydroxylation is 1. The minimum Gasteiger partial charge on any atom is -0.494 e. The number of aromatic hydroxyl groups is 1. The van der Waals surface area contributed by atoms with Gasteiger partial charge in [-0.25, -0.2) is 9.78 Å². The second kappa shape index (κ2) is 4.54. The molecular weight excluding hydrogens is 242 g/mol. The van der Waals surface area contributed by atoms with Crippen LogP contribution in [0.3, 0.4) is 0 Å². The van der Waals surface area contributed by atoms with Crippen molar-refractivity contribution in [2.75, 3.05) is 0 Å². The first-order valence-electron chi connectivity index (χ1n) is 5.00. The molecule has 0 spiro atoms. The summed E-state index contributed by atoms with van der Waals surface area (Å²) in [6.45, 7) is 1.75. The van der Waals surface area contributed by atoms with Gasteiger partial charge in [0.1, 0.15) is 0 Å². The van der Waals surface area contributed by atoms with Crippen molar-refractivity contribution in [1.29, 1.82) is 0 Å². The Balaban J connectivity index is 2.30. The molecule has 0 saturated carbocycles. The van der Waals surface area contributed by atoms with Crippen LogP contribution in [-0.4, -0.2) is 19.6 Å². The highest BCUT2D eigenvalue weighted by Crippen LogP contribution is 2.10. The molecular formula is C10H11N3O3S. The molecule has 2 aromatic heterocycles. The molecule has 0 unspecified atom stereocenters. The number of thiazole rings is 1. The number of nitrogens with one attached hydrogen (secondary N) is 1. The lowest BCUT2D eigenvalue weighted by atomic mass is 10.3. The lowest BCUT2D eigenvalue weighted by molar-refractivity contribution is 0.395. The molecule has 2 N–H and O–H groups in total.